The Hall–Kier alpha value is -1.28. The molecule has 0 fully saturated rings. The molecule has 1 aliphatic rings. The average Bonchev–Trinajstić information content (AvgIpc) is 2.42. The maximum atomic E-state index is 6.19. The Labute approximate surface area is 123 Å². The van der Waals surface area contributed by atoms with E-state index in [0.717, 1.165) is 18.7 Å². The smallest absolute Gasteiger partial charge is 0.126 e. The van der Waals surface area contributed by atoms with Crippen LogP contribution in [0.1, 0.15) is 49.8 Å². The fourth-order valence-corrected chi connectivity index (χ4v) is 2.68. The van der Waals surface area contributed by atoms with Crippen LogP contribution in [0.15, 0.2) is 24.3 Å². The maximum absolute atomic E-state index is 6.19. The molecule has 0 amide bonds. The van der Waals surface area contributed by atoms with Crippen LogP contribution < -0.4 is 10.1 Å². The van der Waals surface area contributed by atoms with Crippen LogP contribution in [0, 0.1) is 13.8 Å². The molecule has 1 aromatic rings. The van der Waals surface area contributed by atoms with Gasteiger partial charge >= 0.3 is 0 Å². The van der Waals surface area contributed by atoms with Crippen molar-refractivity contribution in [1.82, 2.24) is 5.32 Å². The van der Waals surface area contributed by atoms with Crippen LogP contribution in [0.5, 0.6) is 5.75 Å². The van der Waals surface area contributed by atoms with Crippen molar-refractivity contribution in [1.29, 1.82) is 0 Å². The molecule has 0 radical (unpaired) electrons. The van der Waals surface area contributed by atoms with Gasteiger partial charge in [-0.1, -0.05) is 32.1 Å². The van der Waals surface area contributed by atoms with E-state index < -0.39 is 0 Å². The molecule has 1 aliphatic carbocycles. The third-order valence-corrected chi connectivity index (χ3v) is 3.71. The van der Waals surface area contributed by atoms with Gasteiger partial charge < -0.3 is 10.1 Å². The minimum absolute atomic E-state index is 0.251. The van der Waals surface area contributed by atoms with Crippen LogP contribution >= 0.6 is 0 Å². The van der Waals surface area contributed by atoms with Gasteiger partial charge in [0.05, 0.1) is 0 Å². The van der Waals surface area contributed by atoms with Crippen molar-refractivity contribution in [2.24, 2.45) is 0 Å². The number of ether oxygens (including phenoxy) is 1. The molecule has 0 saturated heterocycles. The number of benzene rings is 1. The summed E-state index contributed by atoms with van der Waals surface area (Å²) >= 11 is 0. The first-order valence-electron chi connectivity index (χ1n) is 7.73. The SMILES string of the molecule is Cc1cc(CNC(C)C)cc(C)c1OC1C=CCCC1. The molecule has 0 spiro atoms. The van der Waals surface area contributed by atoms with Gasteiger partial charge in [-0.2, -0.15) is 0 Å². The van der Waals surface area contributed by atoms with Gasteiger partial charge in [-0.05, 0) is 55.9 Å². The van der Waals surface area contributed by atoms with Gasteiger partial charge in [-0.15, -0.1) is 0 Å². The highest BCUT2D eigenvalue weighted by Crippen LogP contribution is 2.28. The Morgan fingerprint density at radius 3 is 2.50 bits per heavy atom. The summed E-state index contributed by atoms with van der Waals surface area (Å²) in [7, 11) is 0. The Bertz CT molecular complexity index is 453. The molecule has 2 nitrogen and oxygen atoms in total. The second-order valence-corrected chi connectivity index (χ2v) is 6.11. The molecule has 0 heterocycles. The topological polar surface area (TPSA) is 21.3 Å². The van der Waals surface area contributed by atoms with E-state index in [-0.39, 0.29) is 6.10 Å². The van der Waals surface area contributed by atoms with E-state index in [4.69, 9.17) is 4.74 Å². The summed E-state index contributed by atoms with van der Waals surface area (Å²) < 4.78 is 6.19. The predicted octanol–water partition coefficient (Wildman–Crippen LogP) is 4.29. The van der Waals surface area contributed by atoms with Crippen molar-refractivity contribution >= 4 is 0 Å². The standard InChI is InChI=1S/C18H27NO/c1-13(2)19-12-16-10-14(3)18(15(4)11-16)20-17-8-6-5-7-9-17/h6,8,10-11,13,17,19H,5,7,9,12H2,1-4H3. The third-order valence-electron chi connectivity index (χ3n) is 3.71. The third kappa shape index (κ3) is 4.11. The number of rotatable bonds is 5. The average molecular weight is 273 g/mol. The molecule has 0 saturated carbocycles. The van der Waals surface area contributed by atoms with Crippen molar-refractivity contribution in [2.75, 3.05) is 0 Å². The number of aryl methyl sites for hydroxylation is 2. The van der Waals surface area contributed by atoms with E-state index in [9.17, 15) is 0 Å². The normalized spacial score (nSPS) is 18.6. The number of hydrogen-bond donors (Lipinski definition) is 1. The summed E-state index contributed by atoms with van der Waals surface area (Å²) in [5.41, 5.74) is 3.81. The van der Waals surface area contributed by atoms with Crippen LogP contribution in [0.25, 0.3) is 0 Å². The van der Waals surface area contributed by atoms with E-state index >= 15 is 0 Å². The summed E-state index contributed by atoms with van der Waals surface area (Å²) in [4.78, 5) is 0. The molecular formula is C18H27NO. The van der Waals surface area contributed by atoms with Crippen LogP contribution in [0.2, 0.25) is 0 Å². The molecule has 1 atom stereocenters. The summed E-state index contributed by atoms with van der Waals surface area (Å²) in [6.07, 6.45) is 8.25. The molecule has 1 unspecified atom stereocenters. The van der Waals surface area contributed by atoms with Crippen molar-refractivity contribution in [3.63, 3.8) is 0 Å². The quantitative estimate of drug-likeness (QED) is 0.808. The Balaban J connectivity index is 2.09. The molecule has 2 heteroatoms. The van der Waals surface area contributed by atoms with Gasteiger partial charge in [0.15, 0.2) is 0 Å². The zero-order chi connectivity index (χ0) is 14.5. The molecule has 0 bridgehead atoms. The minimum Gasteiger partial charge on any atom is -0.486 e. The first-order valence-corrected chi connectivity index (χ1v) is 7.73. The van der Waals surface area contributed by atoms with E-state index in [1.807, 2.05) is 0 Å². The van der Waals surface area contributed by atoms with Crippen molar-refractivity contribution in [3.8, 4) is 5.75 Å². The number of nitrogens with one attached hydrogen (secondary N) is 1. The van der Waals surface area contributed by atoms with E-state index in [0.29, 0.717) is 6.04 Å². The van der Waals surface area contributed by atoms with Gasteiger partial charge in [-0.25, -0.2) is 0 Å². The fourth-order valence-electron chi connectivity index (χ4n) is 2.68. The van der Waals surface area contributed by atoms with Crippen LogP contribution in [0.3, 0.4) is 0 Å². The Kier molecular flexibility index (Phi) is 5.24. The van der Waals surface area contributed by atoms with Crippen LogP contribution in [0.4, 0.5) is 0 Å². The van der Waals surface area contributed by atoms with Crippen LogP contribution in [-0.4, -0.2) is 12.1 Å². The Morgan fingerprint density at radius 2 is 1.95 bits per heavy atom. The predicted molar refractivity (Wildman–Crippen MR) is 85.3 cm³/mol. The Morgan fingerprint density at radius 1 is 1.25 bits per heavy atom. The zero-order valence-corrected chi connectivity index (χ0v) is 13.2. The highest BCUT2D eigenvalue weighted by molar-refractivity contribution is 5.43. The highest BCUT2D eigenvalue weighted by atomic mass is 16.5. The van der Waals surface area contributed by atoms with Gasteiger partial charge in [0.25, 0.3) is 0 Å². The van der Waals surface area contributed by atoms with Crippen molar-refractivity contribution < 1.29 is 4.74 Å². The van der Waals surface area contributed by atoms with E-state index in [1.54, 1.807) is 0 Å². The first kappa shape index (κ1) is 15.1. The number of allylic oxidation sites excluding steroid dienone is 1. The van der Waals surface area contributed by atoms with E-state index in [2.05, 4.69) is 57.3 Å². The largest absolute Gasteiger partial charge is 0.486 e. The van der Waals surface area contributed by atoms with Crippen LogP contribution in [-0.2, 0) is 6.54 Å². The van der Waals surface area contributed by atoms with Crippen molar-refractivity contribution in [2.45, 2.75) is 65.6 Å². The molecule has 0 aromatic heterocycles. The summed E-state index contributed by atoms with van der Waals surface area (Å²) in [5, 5.41) is 3.47. The van der Waals surface area contributed by atoms with E-state index in [1.165, 1.54) is 29.5 Å². The summed E-state index contributed by atoms with van der Waals surface area (Å²) in [5.74, 6) is 1.06. The molecule has 110 valence electrons. The molecule has 1 aromatic carbocycles. The lowest BCUT2D eigenvalue weighted by Crippen LogP contribution is -2.22. The zero-order valence-electron chi connectivity index (χ0n) is 13.2. The van der Waals surface area contributed by atoms with Gasteiger partial charge in [0.2, 0.25) is 0 Å². The highest BCUT2D eigenvalue weighted by Gasteiger charge is 2.13. The monoisotopic (exact) mass is 273 g/mol. The van der Waals surface area contributed by atoms with Gasteiger partial charge in [-0.3, -0.25) is 0 Å². The molecule has 1 N–H and O–H groups in total. The first-order chi connectivity index (χ1) is 9.56. The summed E-state index contributed by atoms with van der Waals surface area (Å²) in [6.45, 7) is 9.56. The lowest BCUT2D eigenvalue weighted by Gasteiger charge is -2.22. The summed E-state index contributed by atoms with van der Waals surface area (Å²) in [6, 6.07) is 4.99. The molecular weight excluding hydrogens is 246 g/mol. The van der Waals surface area contributed by atoms with Gasteiger partial charge in [0, 0.05) is 12.6 Å². The van der Waals surface area contributed by atoms with Gasteiger partial charge in [0.1, 0.15) is 11.9 Å². The fraction of sp³-hybridized carbons (Fsp3) is 0.556. The second-order valence-electron chi connectivity index (χ2n) is 6.11. The van der Waals surface area contributed by atoms with Crippen molar-refractivity contribution in [3.05, 3.63) is 41.0 Å². The minimum atomic E-state index is 0.251. The molecule has 20 heavy (non-hydrogen) atoms. The lowest BCUT2D eigenvalue weighted by molar-refractivity contribution is 0.227. The number of hydrogen-bond acceptors (Lipinski definition) is 2. The molecule has 2 rings (SSSR count). The molecule has 0 aliphatic heterocycles. The second kappa shape index (κ2) is 6.94. The maximum Gasteiger partial charge on any atom is 0.126 e. The lowest BCUT2D eigenvalue weighted by atomic mass is 10.0.